The van der Waals surface area contributed by atoms with E-state index in [-0.39, 0.29) is 11.1 Å². The molecule has 0 aliphatic rings. The number of nitrogens with zero attached hydrogens (tertiary/aromatic N) is 2. The van der Waals surface area contributed by atoms with Crippen molar-refractivity contribution in [2.45, 2.75) is 0 Å². The fourth-order valence-electron chi connectivity index (χ4n) is 3.09. The van der Waals surface area contributed by atoms with Gasteiger partial charge in [-0.25, -0.2) is 14.0 Å². The standard InChI is InChI=1S/C24H15FN4O4/c25-15-1-3-16(4-2-15)28-24(32)29-17-5-7-18(8-6-17)33-22-9-10-27-21-12-19(23(30)31)14(13-26)11-20(21)22/h1-12H,(H,30,31)(H2,28,29,32). The van der Waals surface area contributed by atoms with E-state index in [4.69, 9.17) is 4.74 Å². The molecule has 9 heteroatoms. The molecule has 2 amide bonds. The van der Waals surface area contributed by atoms with Crippen LogP contribution in [0.2, 0.25) is 0 Å². The summed E-state index contributed by atoms with van der Waals surface area (Å²) in [5.74, 6) is -0.770. The highest BCUT2D eigenvalue weighted by Crippen LogP contribution is 2.31. The number of urea groups is 1. The molecule has 1 heterocycles. The van der Waals surface area contributed by atoms with Crippen LogP contribution in [0, 0.1) is 17.1 Å². The SMILES string of the molecule is N#Cc1cc2c(Oc3ccc(NC(=O)Nc4ccc(F)cc4)cc3)ccnc2cc1C(=O)O. The number of hydrogen-bond donors (Lipinski definition) is 3. The van der Waals surface area contributed by atoms with Gasteiger partial charge in [-0.1, -0.05) is 0 Å². The Labute approximate surface area is 186 Å². The van der Waals surface area contributed by atoms with E-state index in [0.717, 1.165) is 0 Å². The molecule has 162 valence electrons. The van der Waals surface area contributed by atoms with Gasteiger partial charge in [-0.05, 0) is 66.7 Å². The molecule has 0 saturated heterocycles. The fourth-order valence-corrected chi connectivity index (χ4v) is 3.09. The average molecular weight is 442 g/mol. The summed E-state index contributed by atoms with van der Waals surface area (Å²) in [4.78, 5) is 27.6. The molecule has 4 aromatic rings. The molecule has 33 heavy (non-hydrogen) atoms. The maximum absolute atomic E-state index is 13.0. The number of pyridine rings is 1. The van der Waals surface area contributed by atoms with Gasteiger partial charge in [-0.15, -0.1) is 0 Å². The third kappa shape index (κ3) is 4.86. The zero-order valence-electron chi connectivity index (χ0n) is 16.9. The van der Waals surface area contributed by atoms with E-state index >= 15 is 0 Å². The number of fused-ring (bicyclic) bond motifs is 1. The lowest BCUT2D eigenvalue weighted by Crippen LogP contribution is -2.19. The molecule has 1 aromatic heterocycles. The van der Waals surface area contributed by atoms with Crippen molar-refractivity contribution in [3.8, 4) is 17.6 Å². The number of halogens is 1. The largest absolute Gasteiger partial charge is 0.478 e. The van der Waals surface area contributed by atoms with E-state index in [2.05, 4.69) is 15.6 Å². The van der Waals surface area contributed by atoms with Crippen LogP contribution in [0.3, 0.4) is 0 Å². The number of amides is 2. The van der Waals surface area contributed by atoms with Crippen LogP contribution in [0.1, 0.15) is 15.9 Å². The van der Waals surface area contributed by atoms with E-state index in [1.54, 1.807) is 30.3 Å². The van der Waals surface area contributed by atoms with E-state index in [0.29, 0.717) is 33.8 Å². The number of rotatable bonds is 5. The molecule has 0 radical (unpaired) electrons. The first kappa shape index (κ1) is 21.3. The number of benzene rings is 3. The molecule has 0 atom stereocenters. The first-order chi connectivity index (χ1) is 15.9. The molecule has 0 aliphatic carbocycles. The minimum Gasteiger partial charge on any atom is -0.478 e. The number of carboxylic acid groups (broad SMARTS) is 1. The highest BCUT2D eigenvalue weighted by molar-refractivity contribution is 6.00. The van der Waals surface area contributed by atoms with Gasteiger partial charge in [0.15, 0.2) is 0 Å². The molecule has 3 aromatic carbocycles. The highest BCUT2D eigenvalue weighted by Gasteiger charge is 2.15. The monoisotopic (exact) mass is 442 g/mol. The summed E-state index contributed by atoms with van der Waals surface area (Å²) in [7, 11) is 0. The normalized spacial score (nSPS) is 10.3. The molecule has 0 bridgehead atoms. The minimum absolute atomic E-state index is 0.000403. The molecule has 4 rings (SSSR count). The molecule has 8 nitrogen and oxygen atoms in total. The molecular formula is C24H15FN4O4. The Kier molecular flexibility index (Phi) is 5.82. The van der Waals surface area contributed by atoms with Crippen LogP contribution in [-0.2, 0) is 0 Å². The topological polar surface area (TPSA) is 124 Å². The number of anilines is 2. The van der Waals surface area contributed by atoms with Gasteiger partial charge in [-0.3, -0.25) is 4.98 Å². The van der Waals surface area contributed by atoms with Crippen LogP contribution in [0.25, 0.3) is 10.9 Å². The third-order valence-corrected chi connectivity index (χ3v) is 4.63. The number of aromatic nitrogens is 1. The number of ether oxygens (including phenoxy) is 1. The Morgan fingerprint density at radius 2 is 1.61 bits per heavy atom. The summed E-state index contributed by atoms with van der Waals surface area (Å²) in [6.45, 7) is 0. The van der Waals surface area contributed by atoms with Gasteiger partial charge in [0, 0.05) is 23.0 Å². The highest BCUT2D eigenvalue weighted by atomic mass is 19.1. The van der Waals surface area contributed by atoms with Crippen LogP contribution < -0.4 is 15.4 Å². The summed E-state index contributed by atoms with van der Waals surface area (Å²) in [6.07, 6.45) is 1.48. The molecule has 3 N–H and O–H groups in total. The summed E-state index contributed by atoms with van der Waals surface area (Å²) < 4.78 is 18.9. The summed E-state index contributed by atoms with van der Waals surface area (Å²) >= 11 is 0. The number of carbonyl (C=O) groups excluding carboxylic acids is 1. The van der Waals surface area contributed by atoms with Gasteiger partial charge in [-0.2, -0.15) is 5.26 Å². The predicted molar refractivity (Wildman–Crippen MR) is 119 cm³/mol. The second-order valence-electron chi connectivity index (χ2n) is 6.85. The lowest BCUT2D eigenvalue weighted by Gasteiger charge is -2.11. The van der Waals surface area contributed by atoms with Crippen LogP contribution in [0.4, 0.5) is 20.6 Å². The number of hydrogen-bond acceptors (Lipinski definition) is 5. The summed E-state index contributed by atoms with van der Waals surface area (Å²) in [6, 6.07) is 17.7. The van der Waals surface area contributed by atoms with Crippen LogP contribution in [0.5, 0.6) is 11.5 Å². The molecular weight excluding hydrogens is 427 g/mol. The smallest absolute Gasteiger partial charge is 0.337 e. The van der Waals surface area contributed by atoms with Gasteiger partial charge < -0.3 is 20.5 Å². The van der Waals surface area contributed by atoms with E-state index < -0.39 is 17.8 Å². The maximum Gasteiger partial charge on any atom is 0.337 e. The number of carboxylic acids is 1. The fraction of sp³-hybridized carbons (Fsp3) is 0. The van der Waals surface area contributed by atoms with Gasteiger partial charge >= 0.3 is 12.0 Å². The third-order valence-electron chi connectivity index (χ3n) is 4.63. The first-order valence-corrected chi connectivity index (χ1v) is 9.60. The Balaban J connectivity index is 1.50. The van der Waals surface area contributed by atoms with E-state index in [1.165, 1.54) is 42.6 Å². The van der Waals surface area contributed by atoms with E-state index in [1.807, 2.05) is 6.07 Å². The second kappa shape index (κ2) is 9.03. The van der Waals surface area contributed by atoms with Crippen molar-refractivity contribution in [1.29, 1.82) is 5.26 Å². The predicted octanol–water partition coefficient (Wildman–Crippen LogP) is 5.38. The first-order valence-electron chi connectivity index (χ1n) is 9.60. The van der Waals surface area contributed by atoms with Crippen molar-refractivity contribution >= 4 is 34.3 Å². The minimum atomic E-state index is -1.21. The quantitative estimate of drug-likeness (QED) is 0.381. The number of carbonyl (C=O) groups is 2. The van der Waals surface area contributed by atoms with Gasteiger partial charge in [0.05, 0.1) is 16.6 Å². The van der Waals surface area contributed by atoms with Crippen molar-refractivity contribution in [2.24, 2.45) is 0 Å². The zero-order chi connectivity index (χ0) is 23.4. The van der Waals surface area contributed by atoms with Gasteiger partial charge in [0.25, 0.3) is 0 Å². The average Bonchev–Trinajstić information content (AvgIpc) is 2.81. The molecule has 0 saturated carbocycles. The van der Waals surface area contributed by atoms with Crippen LogP contribution >= 0.6 is 0 Å². The Morgan fingerprint density at radius 1 is 0.970 bits per heavy atom. The molecule has 0 unspecified atom stereocenters. The number of nitrogens with one attached hydrogen (secondary N) is 2. The van der Waals surface area contributed by atoms with Gasteiger partial charge in [0.1, 0.15) is 23.4 Å². The van der Waals surface area contributed by atoms with Crippen molar-refractivity contribution in [3.63, 3.8) is 0 Å². The lowest BCUT2D eigenvalue weighted by molar-refractivity contribution is 0.0696. The lowest BCUT2D eigenvalue weighted by atomic mass is 10.0. The van der Waals surface area contributed by atoms with Gasteiger partial charge in [0.2, 0.25) is 0 Å². The molecule has 0 spiro atoms. The van der Waals surface area contributed by atoms with Crippen molar-refractivity contribution < 1.29 is 23.8 Å². The number of aromatic carboxylic acids is 1. The summed E-state index contributed by atoms with van der Waals surface area (Å²) in [5, 5.41) is 24.3. The Morgan fingerprint density at radius 3 is 2.21 bits per heavy atom. The number of nitriles is 1. The zero-order valence-corrected chi connectivity index (χ0v) is 16.9. The Bertz CT molecular complexity index is 1400. The van der Waals surface area contributed by atoms with Crippen molar-refractivity contribution in [2.75, 3.05) is 10.6 Å². The van der Waals surface area contributed by atoms with Crippen LogP contribution in [-0.4, -0.2) is 22.1 Å². The van der Waals surface area contributed by atoms with Crippen molar-refractivity contribution in [3.05, 3.63) is 89.9 Å². The molecule has 0 aliphatic heterocycles. The van der Waals surface area contributed by atoms with Crippen molar-refractivity contribution in [1.82, 2.24) is 4.98 Å². The second-order valence-corrected chi connectivity index (χ2v) is 6.85. The van der Waals surface area contributed by atoms with E-state index in [9.17, 15) is 24.3 Å². The molecule has 0 fully saturated rings. The Hall–Kier alpha value is -4.97. The maximum atomic E-state index is 13.0. The summed E-state index contributed by atoms with van der Waals surface area (Å²) in [5.41, 5.74) is 1.18. The van der Waals surface area contributed by atoms with Crippen LogP contribution in [0.15, 0.2) is 72.9 Å².